The molecule has 106 valence electrons. The maximum absolute atomic E-state index is 12.3. The summed E-state index contributed by atoms with van der Waals surface area (Å²) in [5.74, 6) is -0.110. The SMILES string of the molecule is Cc1nn(C(C)C(=O)Nc2cccc(N)c2)c(C)c1C. The minimum Gasteiger partial charge on any atom is -0.399 e. The number of nitrogens with one attached hydrogen (secondary N) is 1. The van der Waals surface area contributed by atoms with E-state index in [1.54, 1.807) is 16.8 Å². The van der Waals surface area contributed by atoms with Gasteiger partial charge in [0.15, 0.2) is 0 Å². The largest absolute Gasteiger partial charge is 0.399 e. The smallest absolute Gasteiger partial charge is 0.248 e. The number of nitrogens with two attached hydrogens (primary N) is 1. The summed E-state index contributed by atoms with van der Waals surface area (Å²) >= 11 is 0. The van der Waals surface area contributed by atoms with Gasteiger partial charge in [0.2, 0.25) is 5.91 Å². The van der Waals surface area contributed by atoms with Crippen LogP contribution in [0.1, 0.15) is 29.9 Å². The number of rotatable bonds is 3. The summed E-state index contributed by atoms with van der Waals surface area (Å²) in [5, 5.41) is 7.28. The molecule has 1 heterocycles. The van der Waals surface area contributed by atoms with Crippen LogP contribution in [-0.2, 0) is 4.79 Å². The fourth-order valence-corrected chi connectivity index (χ4v) is 2.10. The Bertz CT molecular complexity index is 645. The molecule has 0 bridgehead atoms. The molecule has 1 aromatic carbocycles. The fraction of sp³-hybridized carbons (Fsp3) is 0.333. The van der Waals surface area contributed by atoms with Crippen LogP contribution in [0.25, 0.3) is 0 Å². The zero-order valence-electron chi connectivity index (χ0n) is 12.3. The molecule has 3 N–H and O–H groups in total. The predicted molar refractivity (Wildman–Crippen MR) is 80.6 cm³/mol. The highest BCUT2D eigenvalue weighted by atomic mass is 16.2. The molecule has 0 aliphatic heterocycles. The van der Waals surface area contributed by atoms with Crippen molar-refractivity contribution < 1.29 is 4.79 Å². The van der Waals surface area contributed by atoms with Gasteiger partial charge in [-0.2, -0.15) is 5.10 Å². The number of hydrogen-bond acceptors (Lipinski definition) is 3. The van der Waals surface area contributed by atoms with E-state index in [1.807, 2.05) is 39.8 Å². The van der Waals surface area contributed by atoms with Gasteiger partial charge in [0.25, 0.3) is 0 Å². The van der Waals surface area contributed by atoms with E-state index in [0.717, 1.165) is 17.0 Å². The molecule has 5 heteroatoms. The van der Waals surface area contributed by atoms with E-state index in [2.05, 4.69) is 10.4 Å². The van der Waals surface area contributed by atoms with Crippen molar-refractivity contribution in [3.8, 4) is 0 Å². The zero-order valence-corrected chi connectivity index (χ0v) is 12.3. The van der Waals surface area contributed by atoms with Crippen molar-refractivity contribution in [2.24, 2.45) is 0 Å². The molecule has 0 saturated carbocycles. The van der Waals surface area contributed by atoms with Crippen molar-refractivity contribution in [3.63, 3.8) is 0 Å². The van der Waals surface area contributed by atoms with Crippen molar-refractivity contribution in [1.29, 1.82) is 0 Å². The van der Waals surface area contributed by atoms with Crippen LogP contribution in [0.2, 0.25) is 0 Å². The monoisotopic (exact) mass is 272 g/mol. The first-order valence-electron chi connectivity index (χ1n) is 6.59. The van der Waals surface area contributed by atoms with Gasteiger partial charge in [-0.25, -0.2) is 0 Å². The first kappa shape index (κ1) is 14.1. The van der Waals surface area contributed by atoms with E-state index in [4.69, 9.17) is 5.73 Å². The second kappa shape index (κ2) is 5.36. The van der Waals surface area contributed by atoms with Crippen molar-refractivity contribution in [2.75, 3.05) is 11.1 Å². The molecule has 5 nitrogen and oxygen atoms in total. The number of amides is 1. The Labute approximate surface area is 118 Å². The van der Waals surface area contributed by atoms with E-state index < -0.39 is 0 Å². The van der Waals surface area contributed by atoms with Crippen LogP contribution in [0, 0.1) is 20.8 Å². The minimum absolute atomic E-state index is 0.110. The molecule has 0 aliphatic carbocycles. The summed E-state index contributed by atoms with van der Waals surface area (Å²) in [6.45, 7) is 7.76. The molecule has 0 fully saturated rings. The molecular formula is C15H20N4O. The first-order valence-corrected chi connectivity index (χ1v) is 6.59. The Kier molecular flexibility index (Phi) is 3.79. The molecule has 1 atom stereocenters. The van der Waals surface area contributed by atoms with Crippen LogP contribution >= 0.6 is 0 Å². The third kappa shape index (κ3) is 2.66. The number of carbonyl (C=O) groups is 1. The number of benzene rings is 1. The molecular weight excluding hydrogens is 252 g/mol. The van der Waals surface area contributed by atoms with E-state index in [1.165, 1.54) is 0 Å². The lowest BCUT2D eigenvalue weighted by Gasteiger charge is -2.15. The third-order valence-electron chi connectivity index (χ3n) is 3.59. The lowest BCUT2D eigenvalue weighted by molar-refractivity contribution is -0.119. The highest BCUT2D eigenvalue weighted by molar-refractivity contribution is 5.93. The highest BCUT2D eigenvalue weighted by Crippen LogP contribution is 2.18. The van der Waals surface area contributed by atoms with E-state index in [0.29, 0.717) is 11.4 Å². The molecule has 0 radical (unpaired) electrons. The predicted octanol–water partition coefficient (Wildman–Crippen LogP) is 2.59. The molecule has 0 spiro atoms. The highest BCUT2D eigenvalue weighted by Gasteiger charge is 2.19. The maximum Gasteiger partial charge on any atom is 0.248 e. The van der Waals surface area contributed by atoms with Gasteiger partial charge in [0.05, 0.1) is 5.69 Å². The van der Waals surface area contributed by atoms with Crippen molar-refractivity contribution in [2.45, 2.75) is 33.7 Å². The average Bonchev–Trinajstić information content (AvgIpc) is 2.65. The quantitative estimate of drug-likeness (QED) is 0.843. The second-order valence-electron chi connectivity index (χ2n) is 5.03. The zero-order chi connectivity index (χ0) is 14.9. The summed E-state index contributed by atoms with van der Waals surface area (Å²) in [6, 6.07) is 6.76. The maximum atomic E-state index is 12.3. The van der Waals surface area contributed by atoms with Crippen LogP contribution in [-0.4, -0.2) is 15.7 Å². The van der Waals surface area contributed by atoms with Gasteiger partial charge in [0, 0.05) is 17.1 Å². The second-order valence-corrected chi connectivity index (χ2v) is 5.03. The molecule has 1 aromatic heterocycles. The lowest BCUT2D eigenvalue weighted by atomic mass is 10.2. The standard InChI is InChI=1S/C15H20N4O/c1-9-10(2)18-19(11(9)3)12(4)15(20)17-14-7-5-6-13(16)8-14/h5-8,12H,16H2,1-4H3,(H,17,20). The Hall–Kier alpha value is -2.30. The number of anilines is 2. The van der Waals surface area contributed by atoms with Crippen LogP contribution in [0.5, 0.6) is 0 Å². The van der Waals surface area contributed by atoms with E-state index in [-0.39, 0.29) is 11.9 Å². The number of nitrogens with zero attached hydrogens (tertiary/aromatic N) is 2. The molecule has 1 unspecified atom stereocenters. The van der Waals surface area contributed by atoms with Crippen LogP contribution in [0.3, 0.4) is 0 Å². The normalized spacial score (nSPS) is 12.2. The van der Waals surface area contributed by atoms with Crippen LogP contribution in [0.4, 0.5) is 11.4 Å². The molecule has 2 aromatic rings. The van der Waals surface area contributed by atoms with Crippen molar-refractivity contribution >= 4 is 17.3 Å². The van der Waals surface area contributed by atoms with Gasteiger partial charge in [-0.05, 0) is 51.5 Å². The van der Waals surface area contributed by atoms with Gasteiger partial charge in [-0.3, -0.25) is 9.48 Å². The van der Waals surface area contributed by atoms with Crippen LogP contribution < -0.4 is 11.1 Å². The van der Waals surface area contributed by atoms with Gasteiger partial charge in [-0.15, -0.1) is 0 Å². The molecule has 2 rings (SSSR count). The topological polar surface area (TPSA) is 72.9 Å². The van der Waals surface area contributed by atoms with E-state index in [9.17, 15) is 4.79 Å². The van der Waals surface area contributed by atoms with Crippen LogP contribution in [0.15, 0.2) is 24.3 Å². The van der Waals surface area contributed by atoms with Crippen molar-refractivity contribution in [3.05, 3.63) is 41.2 Å². The Morgan fingerprint density at radius 2 is 2.05 bits per heavy atom. The van der Waals surface area contributed by atoms with Gasteiger partial charge >= 0.3 is 0 Å². The fourth-order valence-electron chi connectivity index (χ4n) is 2.10. The first-order chi connectivity index (χ1) is 9.40. The molecule has 20 heavy (non-hydrogen) atoms. The number of aromatic nitrogens is 2. The summed E-state index contributed by atoms with van der Waals surface area (Å²) in [5.41, 5.74) is 10.1. The molecule has 1 amide bonds. The lowest BCUT2D eigenvalue weighted by Crippen LogP contribution is -2.25. The molecule has 0 saturated heterocycles. The minimum atomic E-state index is -0.371. The van der Waals surface area contributed by atoms with E-state index >= 15 is 0 Å². The van der Waals surface area contributed by atoms with Gasteiger partial charge in [0.1, 0.15) is 6.04 Å². The third-order valence-corrected chi connectivity index (χ3v) is 3.59. The summed E-state index contributed by atoms with van der Waals surface area (Å²) in [4.78, 5) is 12.3. The van der Waals surface area contributed by atoms with Crippen molar-refractivity contribution in [1.82, 2.24) is 9.78 Å². The number of aryl methyl sites for hydroxylation is 1. The summed E-state index contributed by atoms with van der Waals surface area (Å²) in [6.07, 6.45) is 0. The summed E-state index contributed by atoms with van der Waals surface area (Å²) < 4.78 is 1.76. The number of nitrogen functional groups attached to an aromatic ring is 1. The molecule has 0 aliphatic rings. The Morgan fingerprint density at radius 3 is 2.60 bits per heavy atom. The average molecular weight is 272 g/mol. The Balaban J connectivity index is 2.18. The Morgan fingerprint density at radius 1 is 1.35 bits per heavy atom. The van der Waals surface area contributed by atoms with Gasteiger partial charge in [-0.1, -0.05) is 6.07 Å². The number of hydrogen-bond donors (Lipinski definition) is 2. The number of carbonyl (C=O) groups excluding carboxylic acids is 1. The van der Waals surface area contributed by atoms with Gasteiger partial charge < -0.3 is 11.1 Å². The summed E-state index contributed by atoms with van der Waals surface area (Å²) in [7, 11) is 0.